The summed E-state index contributed by atoms with van der Waals surface area (Å²) in [6.45, 7) is 1.64. The zero-order valence-corrected chi connectivity index (χ0v) is 12.1. The second-order valence-electron chi connectivity index (χ2n) is 4.51. The van der Waals surface area contributed by atoms with Gasteiger partial charge in [0.1, 0.15) is 4.90 Å². The van der Waals surface area contributed by atoms with Crippen molar-refractivity contribution in [2.75, 3.05) is 4.72 Å². The van der Waals surface area contributed by atoms with E-state index in [9.17, 15) is 22.0 Å². The number of carboxylic acid groups (broad SMARTS) is 1. The number of benzene rings is 2. The molecule has 0 atom stereocenters. The second-order valence-corrected chi connectivity index (χ2v) is 6.16. The van der Waals surface area contributed by atoms with E-state index in [1.54, 1.807) is 6.92 Å². The van der Waals surface area contributed by atoms with Gasteiger partial charge in [-0.1, -0.05) is 17.7 Å². The molecule has 0 aromatic heterocycles. The zero-order chi connectivity index (χ0) is 16.5. The summed E-state index contributed by atoms with van der Waals surface area (Å²) in [5, 5.41) is 9.09. The van der Waals surface area contributed by atoms with E-state index < -0.39 is 32.5 Å². The van der Waals surface area contributed by atoms with Gasteiger partial charge in [-0.3, -0.25) is 4.72 Å². The molecule has 0 radical (unpaired) electrons. The van der Waals surface area contributed by atoms with Crippen LogP contribution in [0.25, 0.3) is 0 Å². The maximum absolute atomic E-state index is 13.6. The summed E-state index contributed by atoms with van der Waals surface area (Å²) in [7, 11) is -4.46. The molecule has 0 fully saturated rings. The van der Waals surface area contributed by atoms with Crippen LogP contribution in [0.1, 0.15) is 15.9 Å². The zero-order valence-electron chi connectivity index (χ0n) is 11.3. The molecule has 0 amide bonds. The Balaban J connectivity index is 2.50. The lowest BCUT2D eigenvalue weighted by Crippen LogP contribution is -2.17. The van der Waals surface area contributed by atoms with E-state index in [2.05, 4.69) is 0 Å². The van der Waals surface area contributed by atoms with Gasteiger partial charge in [0, 0.05) is 0 Å². The largest absolute Gasteiger partial charge is 0.478 e. The molecule has 2 aromatic carbocycles. The van der Waals surface area contributed by atoms with Crippen LogP contribution in [-0.2, 0) is 10.0 Å². The number of aryl methyl sites for hydroxylation is 1. The van der Waals surface area contributed by atoms with E-state index in [0.717, 1.165) is 18.2 Å². The van der Waals surface area contributed by atoms with Gasteiger partial charge in [-0.05, 0) is 31.2 Å². The quantitative estimate of drug-likeness (QED) is 0.904. The highest BCUT2D eigenvalue weighted by Gasteiger charge is 2.23. The Bertz CT molecular complexity index is 850. The third kappa shape index (κ3) is 3.06. The summed E-state index contributed by atoms with van der Waals surface area (Å²) in [5.74, 6) is -4.19. The molecule has 0 saturated heterocycles. The number of nitrogens with one attached hydrogen (secondary N) is 1. The van der Waals surface area contributed by atoms with Crippen LogP contribution < -0.4 is 4.72 Å². The number of carbonyl (C=O) groups is 1. The Morgan fingerprint density at radius 2 is 1.86 bits per heavy atom. The average molecular weight is 327 g/mol. The Labute approximate surface area is 125 Å². The highest BCUT2D eigenvalue weighted by Crippen LogP contribution is 2.23. The first kappa shape index (κ1) is 15.9. The fraction of sp³-hybridized carbons (Fsp3) is 0.0714. The summed E-state index contributed by atoms with van der Waals surface area (Å²) < 4.78 is 53.0. The standard InChI is InChI=1S/C14H11F2NO4S/c1-8-5-6-11(9(7-8)14(18)19)17-22(20,21)12-4-2-3-10(15)13(12)16/h2-7,17H,1H3,(H,18,19). The van der Waals surface area contributed by atoms with Crippen molar-refractivity contribution in [2.45, 2.75) is 11.8 Å². The number of sulfonamides is 1. The van der Waals surface area contributed by atoms with E-state index in [1.165, 1.54) is 18.2 Å². The third-order valence-corrected chi connectivity index (χ3v) is 4.24. The second kappa shape index (κ2) is 5.72. The Kier molecular flexibility index (Phi) is 4.14. The number of hydrogen-bond acceptors (Lipinski definition) is 3. The molecule has 0 aliphatic rings. The molecule has 5 nitrogen and oxygen atoms in total. The van der Waals surface area contributed by atoms with Crippen molar-refractivity contribution in [3.63, 3.8) is 0 Å². The van der Waals surface area contributed by atoms with Crippen LogP contribution in [0, 0.1) is 18.6 Å². The molecule has 2 N–H and O–H groups in total. The molecular weight excluding hydrogens is 316 g/mol. The highest BCUT2D eigenvalue weighted by atomic mass is 32.2. The first-order chi connectivity index (χ1) is 10.2. The van der Waals surface area contributed by atoms with Crippen LogP contribution in [0.3, 0.4) is 0 Å². The van der Waals surface area contributed by atoms with Gasteiger partial charge in [0.15, 0.2) is 11.6 Å². The van der Waals surface area contributed by atoms with Crippen LogP contribution >= 0.6 is 0 Å². The monoisotopic (exact) mass is 327 g/mol. The lowest BCUT2D eigenvalue weighted by Gasteiger charge is -2.12. The fourth-order valence-corrected chi connectivity index (χ4v) is 2.98. The fourth-order valence-electron chi connectivity index (χ4n) is 1.82. The normalized spacial score (nSPS) is 11.2. The van der Waals surface area contributed by atoms with Crippen LogP contribution in [0.2, 0.25) is 0 Å². The predicted molar refractivity (Wildman–Crippen MR) is 75.3 cm³/mol. The van der Waals surface area contributed by atoms with Gasteiger partial charge in [0.2, 0.25) is 0 Å². The molecule has 2 rings (SSSR count). The first-order valence-electron chi connectivity index (χ1n) is 6.03. The molecular formula is C14H11F2NO4S. The SMILES string of the molecule is Cc1ccc(NS(=O)(=O)c2cccc(F)c2F)c(C(=O)O)c1. The van der Waals surface area contributed by atoms with Crippen LogP contribution in [0.5, 0.6) is 0 Å². The topological polar surface area (TPSA) is 83.5 Å². The maximum Gasteiger partial charge on any atom is 0.337 e. The first-order valence-corrected chi connectivity index (χ1v) is 7.51. The van der Waals surface area contributed by atoms with Gasteiger partial charge in [-0.2, -0.15) is 0 Å². The summed E-state index contributed by atoms with van der Waals surface area (Å²) in [4.78, 5) is 10.2. The molecule has 0 heterocycles. The van der Waals surface area contributed by atoms with Gasteiger partial charge in [0.25, 0.3) is 10.0 Å². The van der Waals surface area contributed by atoms with Gasteiger partial charge in [-0.15, -0.1) is 0 Å². The van der Waals surface area contributed by atoms with Crippen molar-refractivity contribution in [3.05, 3.63) is 59.2 Å². The van der Waals surface area contributed by atoms with E-state index in [-0.39, 0.29) is 11.3 Å². The summed E-state index contributed by atoms with van der Waals surface area (Å²) >= 11 is 0. The van der Waals surface area contributed by atoms with Gasteiger partial charge in [-0.25, -0.2) is 22.0 Å². The highest BCUT2D eigenvalue weighted by molar-refractivity contribution is 7.92. The van der Waals surface area contributed by atoms with Crippen LogP contribution in [-0.4, -0.2) is 19.5 Å². The molecule has 0 bridgehead atoms. The minimum absolute atomic E-state index is 0.234. The third-order valence-electron chi connectivity index (χ3n) is 2.86. The number of hydrogen-bond donors (Lipinski definition) is 2. The average Bonchev–Trinajstić information content (AvgIpc) is 2.43. The van der Waals surface area contributed by atoms with E-state index in [4.69, 9.17) is 5.11 Å². The molecule has 8 heteroatoms. The van der Waals surface area contributed by atoms with Crippen LogP contribution in [0.15, 0.2) is 41.3 Å². The molecule has 22 heavy (non-hydrogen) atoms. The van der Waals surface area contributed by atoms with Crippen molar-refractivity contribution in [3.8, 4) is 0 Å². The minimum atomic E-state index is -4.46. The predicted octanol–water partition coefficient (Wildman–Crippen LogP) is 2.77. The van der Waals surface area contributed by atoms with E-state index >= 15 is 0 Å². The summed E-state index contributed by atoms with van der Waals surface area (Å²) in [6.07, 6.45) is 0. The van der Waals surface area contributed by atoms with Crippen molar-refractivity contribution in [1.29, 1.82) is 0 Å². The van der Waals surface area contributed by atoms with Gasteiger partial charge in [0.05, 0.1) is 11.3 Å². The molecule has 0 aliphatic carbocycles. The molecule has 0 unspecified atom stereocenters. The molecule has 2 aromatic rings. The molecule has 0 saturated carbocycles. The van der Waals surface area contributed by atoms with Crippen molar-refractivity contribution < 1.29 is 27.1 Å². The number of anilines is 1. The smallest absolute Gasteiger partial charge is 0.337 e. The number of halogens is 2. The summed E-state index contributed by atoms with van der Waals surface area (Å²) in [6, 6.07) is 6.71. The number of aromatic carboxylic acids is 1. The van der Waals surface area contributed by atoms with Gasteiger partial charge < -0.3 is 5.11 Å². The van der Waals surface area contributed by atoms with Crippen molar-refractivity contribution >= 4 is 21.7 Å². The van der Waals surface area contributed by atoms with E-state index in [1.807, 2.05) is 4.72 Å². The van der Waals surface area contributed by atoms with Crippen molar-refractivity contribution in [2.24, 2.45) is 0 Å². The number of carboxylic acids is 1. The Morgan fingerprint density at radius 3 is 2.50 bits per heavy atom. The van der Waals surface area contributed by atoms with E-state index in [0.29, 0.717) is 5.56 Å². The minimum Gasteiger partial charge on any atom is -0.478 e. The molecule has 116 valence electrons. The Morgan fingerprint density at radius 1 is 1.18 bits per heavy atom. The lowest BCUT2D eigenvalue weighted by atomic mass is 10.1. The number of rotatable bonds is 4. The van der Waals surface area contributed by atoms with Crippen LogP contribution in [0.4, 0.5) is 14.5 Å². The lowest BCUT2D eigenvalue weighted by molar-refractivity contribution is 0.0698. The molecule has 0 spiro atoms. The Hall–Kier alpha value is -2.48. The van der Waals surface area contributed by atoms with Crippen molar-refractivity contribution in [1.82, 2.24) is 0 Å². The summed E-state index contributed by atoms with van der Waals surface area (Å²) in [5.41, 5.74) is 0.0828. The van der Waals surface area contributed by atoms with Gasteiger partial charge >= 0.3 is 5.97 Å². The maximum atomic E-state index is 13.6. The molecule has 0 aliphatic heterocycles.